The summed E-state index contributed by atoms with van der Waals surface area (Å²) in [5, 5.41) is 3.16. The van der Waals surface area contributed by atoms with Gasteiger partial charge in [0, 0.05) is 12.3 Å². The highest BCUT2D eigenvalue weighted by molar-refractivity contribution is 6.30. The number of ether oxygens (including phenoxy) is 1. The topological polar surface area (TPSA) is 51.2 Å². The highest BCUT2D eigenvalue weighted by Crippen LogP contribution is 2.14. The van der Waals surface area contributed by atoms with Crippen LogP contribution in [-0.2, 0) is 4.79 Å². The molecule has 2 aromatic rings. The predicted octanol–water partition coefficient (Wildman–Crippen LogP) is 3.40. The number of nitrogens with one attached hydrogen (secondary N) is 1. The molecule has 0 bridgehead atoms. The minimum absolute atomic E-state index is 0.261. The Kier molecular flexibility index (Phi) is 4.74. The molecule has 0 aliphatic rings. The van der Waals surface area contributed by atoms with E-state index in [0.717, 1.165) is 11.3 Å². The van der Waals surface area contributed by atoms with Crippen LogP contribution in [0, 0.1) is 0 Å². The maximum atomic E-state index is 11.7. The highest BCUT2D eigenvalue weighted by atomic mass is 35.5. The summed E-state index contributed by atoms with van der Waals surface area (Å²) in [6, 6.07) is 10.7. The number of hydrogen-bond acceptors (Lipinski definition) is 3. The third-order valence-electron chi connectivity index (χ3n) is 2.50. The van der Waals surface area contributed by atoms with E-state index in [2.05, 4.69) is 10.3 Å². The average molecular weight is 289 g/mol. The van der Waals surface area contributed by atoms with Crippen LogP contribution in [0.1, 0.15) is 5.56 Å². The molecule has 0 fully saturated rings. The van der Waals surface area contributed by atoms with E-state index < -0.39 is 0 Å². The predicted molar refractivity (Wildman–Crippen MR) is 79.9 cm³/mol. The monoisotopic (exact) mass is 288 g/mol. The molecule has 0 radical (unpaired) electrons. The Morgan fingerprint density at radius 1 is 1.35 bits per heavy atom. The van der Waals surface area contributed by atoms with Gasteiger partial charge in [-0.3, -0.25) is 4.79 Å². The third-order valence-corrected chi connectivity index (χ3v) is 2.72. The molecule has 0 saturated heterocycles. The Morgan fingerprint density at radius 2 is 2.20 bits per heavy atom. The Hall–Kier alpha value is -2.33. The van der Waals surface area contributed by atoms with Crippen molar-refractivity contribution in [2.24, 2.45) is 0 Å². The summed E-state index contributed by atoms with van der Waals surface area (Å²) in [6.07, 6.45) is 4.61. The molecular weight excluding hydrogens is 276 g/mol. The molecule has 0 aliphatic carbocycles. The Balaban J connectivity index is 1.99. The average Bonchev–Trinajstić information content (AvgIpc) is 2.48. The first-order valence-electron chi connectivity index (χ1n) is 5.92. The van der Waals surface area contributed by atoms with E-state index in [1.807, 2.05) is 24.3 Å². The van der Waals surface area contributed by atoms with Crippen LogP contribution >= 0.6 is 11.6 Å². The molecule has 1 N–H and O–H groups in total. The molecule has 0 unspecified atom stereocenters. The van der Waals surface area contributed by atoms with Crippen LogP contribution in [0.15, 0.2) is 48.7 Å². The summed E-state index contributed by atoms with van der Waals surface area (Å²) in [7, 11) is 1.60. The molecule has 1 amide bonds. The molecule has 1 aromatic heterocycles. The second-order valence-electron chi connectivity index (χ2n) is 3.96. The van der Waals surface area contributed by atoms with Crippen molar-refractivity contribution in [2.75, 3.05) is 12.4 Å². The third kappa shape index (κ3) is 4.10. The number of hydrogen-bond donors (Lipinski definition) is 1. The molecule has 0 aliphatic heterocycles. The van der Waals surface area contributed by atoms with Gasteiger partial charge < -0.3 is 10.1 Å². The van der Waals surface area contributed by atoms with Crippen LogP contribution in [0.25, 0.3) is 6.08 Å². The molecule has 5 heteroatoms. The number of carbonyl (C=O) groups is 1. The quantitative estimate of drug-likeness (QED) is 0.877. The first-order chi connectivity index (χ1) is 9.67. The van der Waals surface area contributed by atoms with Crippen LogP contribution in [-0.4, -0.2) is 18.0 Å². The van der Waals surface area contributed by atoms with Crippen molar-refractivity contribution in [3.05, 3.63) is 59.3 Å². The number of halogens is 1. The van der Waals surface area contributed by atoms with Gasteiger partial charge in [0.1, 0.15) is 11.6 Å². The van der Waals surface area contributed by atoms with Crippen molar-refractivity contribution in [2.45, 2.75) is 0 Å². The zero-order valence-corrected chi connectivity index (χ0v) is 11.6. The van der Waals surface area contributed by atoms with Crippen LogP contribution in [0.5, 0.6) is 5.75 Å². The van der Waals surface area contributed by atoms with Gasteiger partial charge in [-0.15, -0.1) is 0 Å². The summed E-state index contributed by atoms with van der Waals surface area (Å²) in [5.41, 5.74) is 0.878. The summed E-state index contributed by atoms with van der Waals surface area (Å²) >= 11 is 5.72. The summed E-state index contributed by atoms with van der Waals surface area (Å²) in [6.45, 7) is 0. The molecule has 0 atom stereocenters. The lowest BCUT2D eigenvalue weighted by Gasteiger charge is -2.01. The number of methoxy groups -OCH3 is 1. The summed E-state index contributed by atoms with van der Waals surface area (Å²) in [5.74, 6) is 0.935. The lowest BCUT2D eigenvalue weighted by Crippen LogP contribution is -2.08. The zero-order chi connectivity index (χ0) is 14.4. The number of amides is 1. The molecule has 0 saturated carbocycles. The molecule has 4 nitrogen and oxygen atoms in total. The number of benzene rings is 1. The molecule has 0 spiro atoms. The molecule has 2 rings (SSSR count). The van der Waals surface area contributed by atoms with E-state index >= 15 is 0 Å². The van der Waals surface area contributed by atoms with Gasteiger partial charge in [0.15, 0.2) is 0 Å². The minimum Gasteiger partial charge on any atom is -0.497 e. The van der Waals surface area contributed by atoms with Crippen molar-refractivity contribution in [3.8, 4) is 5.75 Å². The Bertz CT molecular complexity index is 624. The maximum Gasteiger partial charge on any atom is 0.249 e. The van der Waals surface area contributed by atoms with Gasteiger partial charge in [-0.25, -0.2) is 4.98 Å². The Labute approximate surface area is 122 Å². The fourth-order valence-corrected chi connectivity index (χ4v) is 1.65. The maximum absolute atomic E-state index is 11.7. The van der Waals surface area contributed by atoms with Crippen LogP contribution in [0.3, 0.4) is 0 Å². The lowest BCUT2D eigenvalue weighted by atomic mass is 10.2. The van der Waals surface area contributed by atoms with Gasteiger partial charge in [0.05, 0.1) is 12.1 Å². The van der Waals surface area contributed by atoms with Crippen molar-refractivity contribution in [1.82, 2.24) is 4.98 Å². The van der Waals surface area contributed by atoms with E-state index in [0.29, 0.717) is 10.8 Å². The van der Waals surface area contributed by atoms with Gasteiger partial charge >= 0.3 is 0 Å². The van der Waals surface area contributed by atoms with E-state index in [1.54, 1.807) is 25.3 Å². The molecular formula is C15H13ClN2O2. The second-order valence-corrected chi connectivity index (χ2v) is 4.40. The van der Waals surface area contributed by atoms with Gasteiger partial charge in [-0.05, 0) is 35.9 Å². The number of pyridine rings is 1. The number of carbonyl (C=O) groups excluding carboxylic acids is 1. The number of rotatable bonds is 4. The Morgan fingerprint density at radius 3 is 2.90 bits per heavy atom. The second kappa shape index (κ2) is 6.73. The normalized spacial score (nSPS) is 10.5. The van der Waals surface area contributed by atoms with E-state index in [1.165, 1.54) is 12.3 Å². The van der Waals surface area contributed by atoms with E-state index in [4.69, 9.17) is 16.3 Å². The van der Waals surface area contributed by atoms with Gasteiger partial charge in [-0.2, -0.15) is 0 Å². The van der Waals surface area contributed by atoms with Crippen molar-refractivity contribution in [1.29, 1.82) is 0 Å². The van der Waals surface area contributed by atoms with Crippen LogP contribution in [0.2, 0.25) is 5.02 Å². The van der Waals surface area contributed by atoms with Gasteiger partial charge in [0.2, 0.25) is 5.91 Å². The lowest BCUT2D eigenvalue weighted by molar-refractivity contribution is -0.111. The molecule has 1 aromatic carbocycles. The fraction of sp³-hybridized carbons (Fsp3) is 0.0667. The summed E-state index contributed by atoms with van der Waals surface area (Å²) < 4.78 is 5.11. The van der Waals surface area contributed by atoms with Crippen molar-refractivity contribution in [3.63, 3.8) is 0 Å². The largest absolute Gasteiger partial charge is 0.497 e. The fourth-order valence-electron chi connectivity index (χ4n) is 1.53. The molecule has 1 heterocycles. The smallest absolute Gasteiger partial charge is 0.249 e. The first kappa shape index (κ1) is 14.1. The van der Waals surface area contributed by atoms with Crippen LogP contribution in [0.4, 0.5) is 5.82 Å². The number of aromatic nitrogens is 1. The van der Waals surface area contributed by atoms with E-state index in [9.17, 15) is 4.79 Å². The van der Waals surface area contributed by atoms with Crippen LogP contribution < -0.4 is 10.1 Å². The van der Waals surface area contributed by atoms with E-state index in [-0.39, 0.29) is 5.91 Å². The summed E-state index contributed by atoms with van der Waals surface area (Å²) in [4.78, 5) is 15.7. The van der Waals surface area contributed by atoms with Gasteiger partial charge in [-0.1, -0.05) is 23.7 Å². The minimum atomic E-state index is -0.261. The zero-order valence-electron chi connectivity index (χ0n) is 10.8. The standard InChI is InChI=1S/C15H13ClN2O2/c1-20-13-4-2-3-11(9-13)5-8-15(19)18-14-7-6-12(16)10-17-14/h2-10H,1H3,(H,17,18,19). The first-order valence-corrected chi connectivity index (χ1v) is 6.30. The number of nitrogens with zero attached hydrogens (tertiary/aromatic N) is 1. The number of anilines is 1. The van der Waals surface area contributed by atoms with Crippen molar-refractivity contribution >= 4 is 29.4 Å². The van der Waals surface area contributed by atoms with Crippen molar-refractivity contribution < 1.29 is 9.53 Å². The molecule has 102 valence electrons. The molecule has 20 heavy (non-hydrogen) atoms. The van der Waals surface area contributed by atoms with Gasteiger partial charge in [0.25, 0.3) is 0 Å². The SMILES string of the molecule is COc1cccc(C=CC(=O)Nc2ccc(Cl)cn2)c1. The highest BCUT2D eigenvalue weighted by Gasteiger charge is 1.99.